The smallest absolute Gasteiger partial charge is 0.188 e. The largest absolute Gasteiger partial charge is 0.466 e. The molecule has 0 aliphatic carbocycles. The molecule has 0 aromatic carbocycles. The fraction of sp³-hybridized carbons (Fsp3) is 0.500. The first kappa shape index (κ1) is 10.8. The van der Waals surface area contributed by atoms with Crippen LogP contribution in [0.2, 0.25) is 0 Å². The van der Waals surface area contributed by atoms with Crippen LogP contribution in [0.3, 0.4) is 0 Å². The number of rotatable bonds is 4. The Morgan fingerprint density at radius 1 is 1.50 bits per heavy atom. The molecule has 0 aliphatic rings. The first-order valence-electron chi connectivity index (χ1n) is 5.19. The lowest BCUT2D eigenvalue weighted by Crippen LogP contribution is -2.19. The predicted molar refractivity (Wildman–Crippen MR) is 57.6 cm³/mol. The molecule has 6 heteroatoms. The zero-order valence-corrected chi connectivity index (χ0v) is 9.61. The molecule has 6 nitrogen and oxygen atoms in total. The van der Waals surface area contributed by atoms with Gasteiger partial charge in [0.1, 0.15) is 11.5 Å². The molecule has 0 bridgehead atoms. The monoisotopic (exact) mass is 221 g/mol. The van der Waals surface area contributed by atoms with Gasteiger partial charge in [-0.25, -0.2) is 0 Å². The van der Waals surface area contributed by atoms with Gasteiger partial charge in [-0.2, -0.15) is 5.21 Å². The number of tetrazole rings is 1. The molecule has 1 unspecified atom stereocenters. The van der Waals surface area contributed by atoms with Crippen LogP contribution in [0.1, 0.15) is 35.9 Å². The van der Waals surface area contributed by atoms with Crippen LogP contribution in [-0.2, 0) is 6.54 Å². The highest BCUT2D eigenvalue weighted by Crippen LogP contribution is 2.21. The Labute approximate surface area is 93.4 Å². The molecule has 0 saturated carbocycles. The van der Waals surface area contributed by atoms with E-state index in [0.717, 1.165) is 11.5 Å². The lowest BCUT2D eigenvalue weighted by molar-refractivity contribution is 0.488. The summed E-state index contributed by atoms with van der Waals surface area (Å²) in [6, 6.07) is 2.25. The molecule has 0 fully saturated rings. The molecule has 1 atom stereocenters. The third-order valence-electron chi connectivity index (χ3n) is 2.50. The Morgan fingerprint density at radius 2 is 2.31 bits per heavy atom. The van der Waals surface area contributed by atoms with Crippen LogP contribution in [0, 0.1) is 13.8 Å². The van der Waals surface area contributed by atoms with Crippen molar-refractivity contribution in [1.82, 2.24) is 25.9 Å². The number of H-pyrrole nitrogens is 1. The zero-order chi connectivity index (χ0) is 11.5. The highest BCUT2D eigenvalue weighted by Gasteiger charge is 2.12. The van der Waals surface area contributed by atoms with Gasteiger partial charge >= 0.3 is 0 Å². The average Bonchev–Trinajstić information content (AvgIpc) is 2.84. The second kappa shape index (κ2) is 4.44. The maximum absolute atomic E-state index is 5.48. The second-order valence-corrected chi connectivity index (χ2v) is 3.80. The minimum absolute atomic E-state index is 0.205. The summed E-state index contributed by atoms with van der Waals surface area (Å²) < 4.78 is 5.48. The number of hydrogen-bond donors (Lipinski definition) is 2. The molecule has 2 aromatic rings. The summed E-state index contributed by atoms with van der Waals surface area (Å²) in [5.41, 5.74) is 1.17. The van der Waals surface area contributed by atoms with E-state index in [1.54, 1.807) is 0 Å². The third-order valence-corrected chi connectivity index (χ3v) is 2.50. The van der Waals surface area contributed by atoms with Crippen molar-refractivity contribution in [3.63, 3.8) is 0 Å². The summed E-state index contributed by atoms with van der Waals surface area (Å²) in [7, 11) is 0. The number of aromatic nitrogens is 4. The van der Waals surface area contributed by atoms with Gasteiger partial charge in [0.15, 0.2) is 5.82 Å². The highest BCUT2D eigenvalue weighted by molar-refractivity contribution is 5.23. The molecule has 0 spiro atoms. The fourth-order valence-corrected chi connectivity index (χ4v) is 1.69. The maximum Gasteiger partial charge on any atom is 0.188 e. The van der Waals surface area contributed by atoms with E-state index in [-0.39, 0.29) is 6.04 Å². The van der Waals surface area contributed by atoms with Crippen LogP contribution >= 0.6 is 0 Å². The molecule has 0 radical (unpaired) electrons. The lowest BCUT2D eigenvalue weighted by Gasteiger charge is -2.10. The van der Waals surface area contributed by atoms with Gasteiger partial charge in [-0.05, 0) is 26.8 Å². The Balaban J connectivity index is 1.98. The Kier molecular flexibility index (Phi) is 3.00. The van der Waals surface area contributed by atoms with E-state index in [0.29, 0.717) is 12.4 Å². The second-order valence-electron chi connectivity index (χ2n) is 3.80. The summed E-state index contributed by atoms with van der Waals surface area (Å²) in [6.45, 7) is 6.58. The average molecular weight is 221 g/mol. The number of nitrogens with one attached hydrogen (secondary N) is 2. The molecule has 2 rings (SSSR count). The van der Waals surface area contributed by atoms with Crippen LogP contribution in [0.15, 0.2) is 10.5 Å². The van der Waals surface area contributed by atoms with Gasteiger partial charge in [0.2, 0.25) is 0 Å². The van der Waals surface area contributed by atoms with Crippen molar-refractivity contribution in [1.29, 1.82) is 0 Å². The molecule has 2 heterocycles. The lowest BCUT2D eigenvalue weighted by atomic mass is 10.1. The minimum atomic E-state index is 0.205. The van der Waals surface area contributed by atoms with E-state index in [1.165, 1.54) is 5.56 Å². The normalized spacial score (nSPS) is 12.9. The van der Waals surface area contributed by atoms with Gasteiger partial charge in [-0.15, -0.1) is 10.2 Å². The quantitative estimate of drug-likeness (QED) is 0.812. The maximum atomic E-state index is 5.48. The van der Waals surface area contributed by atoms with Gasteiger partial charge in [0.25, 0.3) is 0 Å². The molecule has 2 aromatic heterocycles. The van der Waals surface area contributed by atoms with Crippen molar-refractivity contribution in [2.45, 2.75) is 33.4 Å². The molecule has 0 amide bonds. The third kappa shape index (κ3) is 2.27. The van der Waals surface area contributed by atoms with E-state index in [1.807, 2.05) is 19.9 Å². The predicted octanol–water partition coefficient (Wildman–Crippen LogP) is 1.26. The summed E-state index contributed by atoms with van der Waals surface area (Å²) in [4.78, 5) is 0. The molecule has 2 N–H and O–H groups in total. The molecular weight excluding hydrogens is 206 g/mol. The standard InChI is InChI=1S/C10H15N5O/c1-6-4-9(8(3)16-6)7(2)11-5-10-12-14-15-13-10/h4,7,11H,5H2,1-3H3,(H,12,13,14,15). The van der Waals surface area contributed by atoms with E-state index < -0.39 is 0 Å². The van der Waals surface area contributed by atoms with Gasteiger partial charge < -0.3 is 9.73 Å². The van der Waals surface area contributed by atoms with Crippen molar-refractivity contribution in [3.8, 4) is 0 Å². The summed E-state index contributed by atoms with van der Waals surface area (Å²) in [5, 5.41) is 17.0. The highest BCUT2D eigenvalue weighted by atomic mass is 16.3. The Bertz CT molecular complexity index is 448. The Morgan fingerprint density at radius 3 is 2.88 bits per heavy atom. The number of aromatic amines is 1. The fourth-order valence-electron chi connectivity index (χ4n) is 1.69. The zero-order valence-electron chi connectivity index (χ0n) is 9.61. The van der Waals surface area contributed by atoms with Crippen LogP contribution < -0.4 is 5.32 Å². The van der Waals surface area contributed by atoms with E-state index in [4.69, 9.17) is 4.42 Å². The van der Waals surface area contributed by atoms with Crippen LogP contribution in [0.5, 0.6) is 0 Å². The SMILES string of the molecule is Cc1cc(C(C)NCc2nn[nH]n2)c(C)o1. The molecular formula is C10H15N5O. The van der Waals surface area contributed by atoms with Crippen molar-refractivity contribution in [2.24, 2.45) is 0 Å². The Hall–Kier alpha value is -1.69. The first-order chi connectivity index (χ1) is 7.66. The van der Waals surface area contributed by atoms with Gasteiger partial charge in [0, 0.05) is 11.6 Å². The van der Waals surface area contributed by atoms with Crippen molar-refractivity contribution in [3.05, 3.63) is 29.0 Å². The molecule has 0 aliphatic heterocycles. The van der Waals surface area contributed by atoms with Gasteiger partial charge in [-0.3, -0.25) is 0 Å². The van der Waals surface area contributed by atoms with Crippen LogP contribution in [0.4, 0.5) is 0 Å². The number of aryl methyl sites for hydroxylation is 2. The number of nitrogens with zero attached hydrogens (tertiary/aromatic N) is 3. The minimum Gasteiger partial charge on any atom is -0.466 e. The van der Waals surface area contributed by atoms with E-state index in [9.17, 15) is 0 Å². The molecule has 16 heavy (non-hydrogen) atoms. The number of hydrogen-bond acceptors (Lipinski definition) is 5. The topological polar surface area (TPSA) is 79.6 Å². The van der Waals surface area contributed by atoms with Gasteiger partial charge in [0.05, 0.1) is 6.54 Å². The van der Waals surface area contributed by atoms with Gasteiger partial charge in [-0.1, -0.05) is 5.21 Å². The van der Waals surface area contributed by atoms with Crippen molar-refractivity contribution in [2.75, 3.05) is 0 Å². The molecule has 0 saturated heterocycles. The van der Waals surface area contributed by atoms with E-state index >= 15 is 0 Å². The van der Waals surface area contributed by atoms with Crippen LogP contribution in [-0.4, -0.2) is 20.6 Å². The van der Waals surface area contributed by atoms with Crippen molar-refractivity contribution < 1.29 is 4.42 Å². The van der Waals surface area contributed by atoms with Crippen LogP contribution in [0.25, 0.3) is 0 Å². The summed E-state index contributed by atoms with van der Waals surface area (Å²) in [5.74, 6) is 2.54. The summed E-state index contributed by atoms with van der Waals surface area (Å²) >= 11 is 0. The number of furan rings is 1. The molecule has 86 valence electrons. The summed E-state index contributed by atoms with van der Waals surface area (Å²) in [6.07, 6.45) is 0. The first-order valence-corrected chi connectivity index (χ1v) is 5.19. The van der Waals surface area contributed by atoms with E-state index in [2.05, 4.69) is 32.9 Å². The van der Waals surface area contributed by atoms with Crippen molar-refractivity contribution >= 4 is 0 Å².